The van der Waals surface area contributed by atoms with Gasteiger partial charge in [-0.05, 0) is 101 Å². The van der Waals surface area contributed by atoms with Gasteiger partial charge >= 0.3 is 0 Å². The Hall–Kier alpha value is -5.11. The van der Waals surface area contributed by atoms with Crippen molar-refractivity contribution in [2.75, 3.05) is 0 Å². The van der Waals surface area contributed by atoms with E-state index in [9.17, 15) is 0 Å². The van der Waals surface area contributed by atoms with Gasteiger partial charge in [0.25, 0.3) is 0 Å². The first-order valence-corrected chi connectivity index (χ1v) is 15.3. The SMILES string of the molecule is [2H]c1c([2H])c([2H])c(-c2c3c(c(-c4ccc5c(c4)-c4cccc6cccc(c46)S5)c4ccccc24)-c2cccc4cccc-3c24)c([2H])c1[2H]. The molecule has 0 N–H and O–H groups in total. The third-order valence-electron chi connectivity index (χ3n) is 9.05. The van der Waals surface area contributed by atoms with E-state index in [1.165, 1.54) is 31.7 Å². The zero-order valence-corrected chi connectivity index (χ0v) is 23.7. The molecule has 0 spiro atoms. The highest BCUT2D eigenvalue weighted by Gasteiger charge is 2.31. The quantitative estimate of drug-likeness (QED) is 0.201. The normalized spacial score (nSPS) is 14.2. The van der Waals surface area contributed by atoms with Crippen molar-refractivity contribution in [3.05, 3.63) is 145 Å². The molecule has 0 atom stereocenters. The van der Waals surface area contributed by atoms with Crippen LogP contribution in [0, 0.1) is 0 Å². The van der Waals surface area contributed by atoms with E-state index in [0.717, 1.165) is 54.9 Å². The van der Waals surface area contributed by atoms with Gasteiger partial charge in [-0.25, -0.2) is 0 Å². The Labute approximate surface area is 261 Å². The van der Waals surface area contributed by atoms with E-state index < -0.39 is 0 Å². The topological polar surface area (TPSA) is 0 Å². The molecule has 0 aromatic heterocycles. The van der Waals surface area contributed by atoms with Crippen molar-refractivity contribution >= 4 is 44.1 Å². The summed E-state index contributed by atoms with van der Waals surface area (Å²) in [5, 5.41) is 6.56. The lowest BCUT2D eigenvalue weighted by Gasteiger charge is -2.23. The zero-order chi connectivity index (χ0) is 32.4. The van der Waals surface area contributed by atoms with Crippen LogP contribution in [0.15, 0.2) is 155 Å². The summed E-state index contributed by atoms with van der Waals surface area (Å²) in [7, 11) is 0. The van der Waals surface area contributed by atoms with Gasteiger partial charge in [-0.15, -0.1) is 0 Å². The fraction of sp³-hybridized carbons (Fsp3) is 0. The minimum absolute atomic E-state index is 0.193. The van der Waals surface area contributed by atoms with Crippen molar-refractivity contribution in [1.29, 1.82) is 0 Å². The van der Waals surface area contributed by atoms with Crippen molar-refractivity contribution in [3.63, 3.8) is 0 Å². The average Bonchev–Trinajstić information content (AvgIpc) is 3.45. The Morgan fingerprint density at radius 3 is 1.72 bits per heavy atom. The molecule has 0 unspecified atom stereocenters. The van der Waals surface area contributed by atoms with E-state index in [1.54, 1.807) is 0 Å². The Kier molecular flexibility index (Phi) is 3.88. The van der Waals surface area contributed by atoms with Crippen molar-refractivity contribution in [2.24, 2.45) is 0 Å². The van der Waals surface area contributed by atoms with E-state index in [4.69, 9.17) is 6.85 Å². The van der Waals surface area contributed by atoms with Gasteiger partial charge in [-0.1, -0.05) is 139 Å². The number of hydrogen-bond acceptors (Lipinski definition) is 1. The maximum absolute atomic E-state index is 9.08. The lowest BCUT2D eigenvalue weighted by Crippen LogP contribution is -1.96. The van der Waals surface area contributed by atoms with Crippen LogP contribution in [0.1, 0.15) is 6.85 Å². The van der Waals surface area contributed by atoms with Gasteiger partial charge in [0.1, 0.15) is 0 Å². The van der Waals surface area contributed by atoms with Crippen LogP contribution in [0.2, 0.25) is 0 Å². The zero-order valence-electron chi connectivity index (χ0n) is 27.9. The van der Waals surface area contributed by atoms with E-state index >= 15 is 0 Å². The highest BCUT2D eigenvalue weighted by atomic mass is 32.2. The van der Waals surface area contributed by atoms with Gasteiger partial charge in [0.15, 0.2) is 0 Å². The molecule has 8 aromatic rings. The Morgan fingerprint density at radius 1 is 0.419 bits per heavy atom. The highest BCUT2D eigenvalue weighted by molar-refractivity contribution is 7.99. The number of benzene rings is 8. The van der Waals surface area contributed by atoms with E-state index in [0.29, 0.717) is 5.56 Å². The lowest BCUT2D eigenvalue weighted by molar-refractivity contribution is 1.40. The molecule has 0 fully saturated rings. The summed E-state index contributed by atoms with van der Waals surface area (Å²) in [5.74, 6) is 0. The Balaban J connectivity index is 1.38. The van der Waals surface area contributed by atoms with Crippen LogP contribution >= 0.6 is 11.8 Å². The lowest BCUT2D eigenvalue weighted by atomic mass is 9.82. The second kappa shape index (κ2) is 8.70. The Morgan fingerprint density at radius 2 is 1.02 bits per heavy atom. The van der Waals surface area contributed by atoms with Gasteiger partial charge in [0, 0.05) is 15.2 Å². The van der Waals surface area contributed by atoms with Crippen molar-refractivity contribution in [3.8, 4) is 55.6 Å². The monoisotopic (exact) mass is 565 g/mol. The number of hydrogen-bond donors (Lipinski definition) is 0. The minimum Gasteiger partial charge on any atom is -0.0888 e. The molecule has 0 nitrogen and oxygen atoms in total. The summed E-state index contributed by atoms with van der Waals surface area (Å²) in [5.41, 5.74) is 9.54. The summed E-state index contributed by atoms with van der Waals surface area (Å²) in [4.78, 5) is 2.48. The van der Waals surface area contributed by atoms with Crippen LogP contribution in [-0.4, -0.2) is 0 Å². The molecule has 0 amide bonds. The maximum atomic E-state index is 9.08. The number of fused-ring (bicyclic) bond motifs is 6. The van der Waals surface area contributed by atoms with Crippen LogP contribution < -0.4 is 0 Å². The second-order valence-electron chi connectivity index (χ2n) is 11.2. The first kappa shape index (κ1) is 19.2. The second-order valence-corrected chi connectivity index (χ2v) is 12.3. The predicted molar refractivity (Wildman–Crippen MR) is 184 cm³/mol. The summed E-state index contributed by atoms with van der Waals surface area (Å²) in [6.45, 7) is 0. The molecule has 1 aliphatic heterocycles. The first-order valence-electron chi connectivity index (χ1n) is 16.9. The van der Waals surface area contributed by atoms with Gasteiger partial charge in [0.2, 0.25) is 0 Å². The van der Waals surface area contributed by atoms with Gasteiger partial charge in [-0.3, -0.25) is 0 Å². The minimum atomic E-state index is -0.389. The maximum Gasteiger partial charge on any atom is 0.0629 e. The van der Waals surface area contributed by atoms with E-state index in [-0.39, 0.29) is 35.8 Å². The molecule has 1 heteroatoms. The summed E-state index contributed by atoms with van der Waals surface area (Å²) < 4.78 is 43.7. The van der Waals surface area contributed by atoms with Crippen LogP contribution in [0.4, 0.5) is 0 Å². The number of rotatable bonds is 2. The molecule has 1 heterocycles. The molecule has 198 valence electrons. The van der Waals surface area contributed by atoms with Crippen molar-refractivity contribution < 1.29 is 6.85 Å². The molecule has 43 heavy (non-hydrogen) atoms. The van der Waals surface area contributed by atoms with Crippen LogP contribution in [0.3, 0.4) is 0 Å². The van der Waals surface area contributed by atoms with Crippen LogP contribution in [0.25, 0.3) is 88.0 Å². The predicted octanol–water partition coefficient (Wildman–Crippen LogP) is 12.3. The summed E-state index contributed by atoms with van der Waals surface area (Å²) in [6.07, 6.45) is 0. The third-order valence-corrected chi connectivity index (χ3v) is 10.2. The van der Waals surface area contributed by atoms with Crippen LogP contribution in [0.5, 0.6) is 0 Å². The molecular formula is C42H24S. The van der Waals surface area contributed by atoms with Gasteiger partial charge in [-0.2, -0.15) is 0 Å². The van der Waals surface area contributed by atoms with Crippen LogP contribution in [-0.2, 0) is 0 Å². The van der Waals surface area contributed by atoms with Crippen molar-refractivity contribution in [1.82, 2.24) is 0 Å². The largest absolute Gasteiger partial charge is 0.0888 e. The molecule has 0 saturated heterocycles. The first-order chi connectivity index (χ1) is 23.4. The fourth-order valence-corrected chi connectivity index (χ4v) is 8.52. The van der Waals surface area contributed by atoms with E-state index in [2.05, 4.69) is 91.0 Å². The third kappa shape index (κ3) is 3.18. The van der Waals surface area contributed by atoms with Gasteiger partial charge in [0.05, 0.1) is 6.85 Å². The molecule has 10 rings (SSSR count). The smallest absolute Gasteiger partial charge is 0.0629 e. The summed E-state index contributed by atoms with van der Waals surface area (Å²) >= 11 is 1.81. The van der Waals surface area contributed by atoms with E-state index in [1.807, 2.05) is 36.0 Å². The molecule has 0 saturated carbocycles. The molecule has 0 bridgehead atoms. The highest BCUT2D eigenvalue weighted by Crippen LogP contribution is 2.58. The Bertz CT molecular complexity index is 2730. The van der Waals surface area contributed by atoms with Gasteiger partial charge < -0.3 is 0 Å². The fourth-order valence-electron chi connectivity index (χ4n) is 7.39. The summed E-state index contributed by atoms with van der Waals surface area (Å²) in [6, 6.07) is 39.1. The molecular weight excluding hydrogens is 537 g/mol. The molecule has 0 radical (unpaired) electrons. The molecule has 8 aromatic carbocycles. The van der Waals surface area contributed by atoms with Crippen molar-refractivity contribution in [2.45, 2.75) is 9.79 Å². The molecule has 2 aliphatic rings. The molecule has 1 aliphatic carbocycles. The average molecular weight is 566 g/mol. The standard InChI is InChI=1S/C42H24S/c1-2-10-27(11-3-1)39-29-16-4-5-17-30(29)40(42-33-20-8-13-25-12-7-19-32(37(25)33)41(39)42)28-22-23-35-34(24-28)31-18-6-14-26-15-9-21-36(43-35)38(26)31/h1-24H/i1D,2D,3D,10D,11D.